The smallest absolute Gasteiger partial charge is 0.227 e. The van der Waals surface area contributed by atoms with Gasteiger partial charge in [-0.05, 0) is 45.2 Å². The SMILES string of the molecule is Cc1noc(C)c1CC(=O)N1CCC[C@H](Nc2ccc(N(C)C)nc2)CC1. The molecule has 1 aliphatic rings. The summed E-state index contributed by atoms with van der Waals surface area (Å²) in [4.78, 5) is 21.1. The van der Waals surface area contributed by atoms with E-state index in [1.54, 1.807) is 0 Å². The molecule has 0 aromatic carbocycles. The van der Waals surface area contributed by atoms with Crippen molar-refractivity contribution in [1.29, 1.82) is 0 Å². The molecule has 1 saturated heterocycles. The zero-order valence-electron chi connectivity index (χ0n) is 16.7. The Morgan fingerprint density at radius 2 is 2.11 bits per heavy atom. The maximum atomic E-state index is 12.7. The van der Waals surface area contributed by atoms with Crippen molar-refractivity contribution < 1.29 is 9.32 Å². The normalized spacial score (nSPS) is 17.5. The van der Waals surface area contributed by atoms with Crippen molar-refractivity contribution in [3.05, 3.63) is 35.3 Å². The van der Waals surface area contributed by atoms with Crippen molar-refractivity contribution in [3.8, 4) is 0 Å². The maximum absolute atomic E-state index is 12.7. The highest BCUT2D eigenvalue weighted by atomic mass is 16.5. The summed E-state index contributed by atoms with van der Waals surface area (Å²) in [6.45, 7) is 5.32. The fraction of sp³-hybridized carbons (Fsp3) is 0.550. The zero-order chi connectivity index (χ0) is 19.4. The van der Waals surface area contributed by atoms with Gasteiger partial charge in [0.05, 0.1) is 24.0 Å². The highest BCUT2D eigenvalue weighted by molar-refractivity contribution is 5.79. The molecular weight excluding hydrogens is 342 g/mol. The van der Waals surface area contributed by atoms with Crippen LogP contribution in [0.3, 0.4) is 0 Å². The Kier molecular flexibility index (Phi) is 5.98. The van der Waals surface area contributed by atoms with Crippen molar-refractivity contribution in [3.63, 3.8) is 0 Å². The number of amides is 1. The van der Waals surface area contributed by atoms with E-state index in [4.69, 9.17) is 4.52 Å². The number of aromatic nitrogens is 2. The minimum atomic E-state index is 0.155. The van der Waals surface area contributed by atoms with Crippen LogP contribution in [0.4, 0.5) is 11.5 Å². The second-order valence-corrected chi connectivity index (χ2v) is 7.43. The van der Waals surface area contributed by atoms with Gasteiger partial charge >= 0.3 is 0 Å². The van der Waals surface area contributed by atoms with Gasteiger partial charge in [-0.25, -0.2) is 4.98 Å². The predicted octanol–water partition coefficient (Wildman–Crippen LogP) is 2.79. The third-order valence-electron chi connectivity index (χ3n) is 5.17. The molecule has 7 heteroatoms. The summed E-state index contributed by atoms with van der Waals surface area (Å²) in [5.41, 5.74) is 2.76. The zero-order valence-corrected chi connectivity index (χ0v) is 16.7. The second-order valence-electron chi connectivity index (χ2n) is 7.43. The summed E-state index contributed by atoms with van der Waals surface area (Å²) < 4.78 is 5.18. The van der Waals surface area contributed by atoms with Crippen molar-refractivity contribution in [1.82, 2.24) is 15.0 Å². The molecule has 0 aliphatic carbocycles. The Morgan fingerprint density at radius 1 is 1.30 bits per heavy atom. The number of carbonyl (C=O) groups excluding carboxylic acids is 1. The van der Waals surface area contributed by atoms with Gasteiger partial charge in [-0.15, -0.1) is 0 Å². The molecule has 0 unspecified atom stereocenters. The Hall–Kier alpha value is -2.57. The lowest BCUT2D eigenvalue weighted by molar-refractivity contribution is -0.130. The molecule has 7 nitrogen and oxygen atoms in total. The van der Waals surface area contributed by atoms with Gasteiger partial charge in [0.2, 0.25) is 5.91 Å². The molecule has 27 heavy (non-hydrogen) atoms. The van der Waals surface area contributed by atoms with Gasteiger partial charge in [0.25, 0.3) is 0 Å². The molecule has 3 heterocycles. The summed E-state index contributed by atoms with van der Waals surface area (Å²) in [5, 5.41) is 7.51. The quantitative estimate of drug-likeness (QED) is 0.871. The molecule has 1 amide bonds. The van der Waals surface area contributed by atoms with Gasteiger partial charge in [0.1, 0.15) is 11.6 Å². The molecule has 3 rings (SSSR count). The number of nitrogens with one attached hydrogen (secondary N) is 1. The standard InChI is InChI=1S/C20H29N5O2/c1-14-18(15(2)27-23-14)12-20(26)25-10-5-6-16(9-11-25)22-17-7-8-19(21-13-17)24(3)4/h7-8,13,16,22H,5-6,9-12H2,1-4H3/t16-/m0/s1. The highest BCUT2D eigenvalue weighted by Gasteiger charge is 2.22. The Labute approximate surface area is 160 Å². The lowest BCUT2D eigenvalue weighted by Crippen LogP contribution is -2.34. The van der Waals surface area contributed by atoms with E-state index in [1.165, 1.54) is 0 Å². The van der Waals surface area contributed by atoms with Crippen LogP contribution >= 0.6 is 0 Å². The van der Waals surface area contributed by atoms with Crippen LogP contribution in [-0.4, -0.2) is 54.2 Å². The molecular formula is C20H29N5O2. The first-order valence-corrected chi connectivity index (χ1v) is 9.53. The van der Waals surface area contributed by atoms with Gasteiger partial charge < -0.3 is 19.6 Å². The minimum absolute atomic E-state index is 0.155. The van der Waals surface area contributed by atoms with Gasteiger partial charge in [-0.2, -0.15) is 0 Å². The predicted molar refractivity (Wildman–Crippen MR) is 106 cm³/mol. The van der Waals surface area contributed by atoms with Gasteiger partial charge in [-0.1, -0.05) is 5.16 Å². The van der Waals surface area contributed by atoms with Crippen LogP contribution in [0.15, 0.2) is 22.9 Å². The Balaban J connectivity index is 1.54. The largest absolute Gasteiger partial charge is 0.381 e. The molecule has 1 atom stereocenters. The van der Waals surface area contributed by atoms with E-state index in [9.17, 15) is 4.79 Å². The van der Waals surface area contributed by atoms with Crippen LogP contribution < -0.4 is 10.2 Å². The first-order chi connectivity index (χ1) is 12.9. The molecule has 146 valence electrons. The van der Waals surface area contributed by atoms with E-state index < -0.39 is 0 Å². The number of anilines is 2. The average molecular weight is 371 g/mol. The van der Waals surface area contributed by atoms with Crippen LogP contribution in [0.2, 0.25) is 0 Å². The van der Waals surface area contributed by atoms with E-state index in [0.29, 0.717) is 12.5 Å². The van der Waals surface area contributed by atoms with Crippen LogP contribution in [-0.2, 0) is 11.2 Å². The van der Waals surface area contributed by atoms with E-state index in [-0.39, 0.29) is 5.91 Å². The van der Waals surface area contributed by atoms with Crippen LogP contribution in [0.1, 0.15) is 36.3 Å². The second kappa shape index (κ2) is 8.41. The highest BCUT2D eigenvalue weighted by Crippen LogP contribution is 2.20. The van der Waals surface area contributed by atoms with Crippen LogP contribution in [0.25, 0.3) is 0 Å². The minimum Gasteiger partial charge on any atom is -0.381 e. The number of carbonyl (C=O) groups is 1. The molecule has 0 bridgehead atoms. The molecule has 1 N–H and O–H groups in total. The topological polar surface area (TPSA) is 74.5 Å². The summed E-state index contributed by atoms with van der Waals surface area (Å²) in [7, 11) is 3.96. The summed E-state index contributed by atoms with van der Waals surface area (Å²) in [6, 6.07) is 4.43. The third-order valence-corrected chi connectivity index (χ3v) is 5.17. The summed E-state index contributed by atoms with van der Waals surface area (Å²) in [5.74, 6) is 1.84. The number of rotatable bonds is 5. The Morgan fingerprint density at radius 3 is 2.74 bits per heavy atom. The van der Waals surface area contributed by atoms with E-state index >= 15 is 0 Å². The van der Waals surface area contributed by atoms with Crippen molar-refractivity contribution in [2.45, 2.75) is 45.6 Å². The lowest BCUT2D eigenvalue weighted by atomic mass is 10.1. The molecule has 0 radical (unpaired) electrons. The van der Waals surface area contributed by atoms with Crippen molar-refractivity contribution in [2.24, 2.45) is 0 Å². The van der Waals surface area contributed by atoms with Gasteiger partial charge in [0, 0.05) is 38.8 Å². The van der Waals surface area contributed by atoms with Crippen molar-refractivity contribution in [2.75, 3.05) is 37.4 Å². The number of hydrogen-bond acceptors (Lipinski definition) is 6. The van der Waals surface area contributed by atoms with Gasteiger partial charge in [0.15, 0.2) is 0 Å². The monoisotopic (exact) mass is 371 g/mol. The molecule has 1 aliphatic heterocycles. The lowest BCUT2D eigenvalue weighted by Gasteiger charge is -2.21. The summed E-state index contributed by atoms with van der Waals surface area (Å²) >= 11 is 0. The number of aryl methyl sites for hydroxylation is 2. The molecule has 0 spiro atoms. The third kappa shape index (κ3) is 4.78. The van der Waals surface area contributed by atoms with Crippen molar-refractivity contribution >= 4 is 17.4 Å². The molecule has 0 saturated carbocycles. The first-order valence-electron chi connectivity index (χ1n) is 9.53. The van der Waals surface area contributed by atoms with Crippen LogP contribution in [0.5, 0.6) is 0 Å². The fourth-order valence-electron chi connectivity index (χ4n) is 3.48. The molecule has 2 aromatic heterocycles. The fourth-order valence-corrected chi connectivity index (χ4v) is 3.48. The van der Waals surface area contributed by atoms with E-state index in [2.05, 4.69) is 21.5 Å². The average Bonchev–Trinajstić information content (AvgIpc) is 2.85. The number of likely N-dealkylation sites (tertiary alicyclic amines) is 1. The Bertz CT molecular complexity index is 750. The summed E-state index contributed by atoms with van der Waals surface area (Å²) in [6.07, 6.45) is 5.22. The molecule has 2 aromatic rings. The van der Waals surface area contributed by atoms with Gasteiger partial charge in [-0.3, -0.25) is 4.79 Å². The number of nitrogens with zero attached hydrogens (tertiary/aromatic N) is 4. The number of hydrogen-bond donors (Lipinski definition) is 1. The first kappa shape index (κ1) is 19.2. The number of pyridine rings is 1. The molecule has 1 fully saturated rings. The van der Waals surface area contributed by atoms with E-state index in [1.807, 2.05) is 50.0 Å². The van der Waals surface area contributed by atoms with Crippen LogP contribution in [0, 0.1) is 13.8 Å². The van der Waals surface area contributed by atoms with E-state index in [0.717, 1.165) is 60.9 Å². The maximum Gasteiger partial charge on any atom is 0.227 e.